The third-order valence-electron chi connectivity index (χ3n) is 4.24. The van der Waals surface area contributed by atoms with Crippen LogP contribution in [0.1, 0.15) is 50.6 Å². The molecule has 1 aliphatic rings. The largest absolute Gasteiger partial charge is 0.317 e. The van der Waals surface area contributed by atoms with Crippen molar-refractivity contribution in [2.24, 2.45) is 5.92 Å². The Bertz CT molecular complexity index is 317. The minimum Gasteiger partial charge on any atom is -0.317 e. The van der Waals surface area contributed by atoms with Crippen molar-refractivity contribution in [1.82, 2.24) is 10.3 Å². The zero-order valence-electron chi connectivity index (χ0n) is 11.6. The lowest BCUT2D eigenvalue weighted by molar-refractivity contribution is 0.315. The lowest BCUT2D eigenvalue weighted by Gasteiger charge is -2.24. The number of aromatic nitrogens is 1. The predicted molar refractivity (Wildman–Crippen MR) is 76.6 cm³/mol. The number of nitrogens with zero attached hydrogens (tertiary/aromatic N) is 1. The van der Waals surface area contributed by atoms with Gasteiger partial charge in [-0.05, 0) is 37.9 Å². The van der Waals surface area contributed by atoms with Gasteiger partial charge in [0.25, 0.3) is 0 Å². The molecule has 1 aromatic rings. The first-order valence-corrected chi connectivity index (χ1v) is 7.45. The molecule has 1 fully saturated rings. The Kier molecular flexibility index (Phi) is 5.66. The van der Waals surface area contributed by atoms with E-state index >= 15 is 0 Å². The maximum atomic E-state index is 4.42. The first-order valence-electron chi connectivity index (χ1n) is 7.45. The van der Waals surface area contributed by atoms with Crippen LogP contribution >= 0.6 is 0 Å². The highest BCUT2D eigenvalue weighted by Crippen LogP contribution is 2.27. The highest BCUT2D eigenvalue weighted by atomic mass is 14.9. The predicted octanol–water partition coefficient (Wildman–Crippen LogP) is 3.57. The van der Waals surface area contributed by atoms with Crippen LogP contribution in [-0.2, 0) is 6.42 Å². The van der Waals surface area contributed by atoms with E-state index < -0.39 is 0 Å². The van der Waals surface area contributed by atoms with Crippen molar-refractivity contribution in [1.29, 1.82) is 0 Å². The molecule has 1 atom stereocenters. The lowest BCUT2D eigenvalue weighted by Crippen LogP contribution is -2.28. The highest BCUT2D eigenvalue weighted by molar-refractivity contribution is 5.05. The third-order valence-corrected chi connectivity index (χ3v) is 4.24. The van der Waals surface area contributed by atoms with Crippen molar-refractivity contribution >= 4 is 0 Å². The van der Waals surface area contributed by atoms with E-state index in [0.717, 1.165) is 12.3 Å². The van der Waals surface area contributed by atoms with E-state index in [4.69, 9.17) is 0 Å². The summed E-state index contributed by atoms with van der Waals surface area (Å²) < 4.78 is 0. The fourth-order valence-corrected chi connectivity index (χ4v) is 3.03. The second-order valence-corrected chi connectivity index (χ2v) is 5.59. The van der Waals surface area contributed by atoms with E-state index in [9.17, 15) is 0 Å². The number of nitrogens with one attached hydrogen (secondary N) is 1. The van der Waals surface area contributed by atoms with Gasteiger partial charge >= 0.3 is 0 Å². The molecule has 1 aromatic heterocycles. The minimum atomic E-state index is 0.585. The Balaban J connectivity index is 1.75. The molecule has 1 aliphatic carbocycles. The summed E-state index contributed by atoms with van der Waals surface area (Å²) in [4.78, 5) is 4.42. The van der Waals surface area contributed by atoms with E-state index in [1.165, 1.54) is 50.6 Å². The fourth-order valence-electron chi connectivity index (χ4n) is 3.03. The van der Waals surface area contributed by atoms with Crippen LogP contribution in [0.5, 0.6) is 0 Å². The summed E-state index contributed by atoms with van der Waals surface area (Å²) in [5, 5.41) is 3.45. The smallest absolute Gasteiger partial charge is 0.0419 e. The number of likely N-dealkylation sites (N-methyl/N-ethyl adjacent to an activating group) is 1. The summed E-state index contributed by atoms with van der Waals surface area (Å²) in [5.74, 6) is 0.985. The first kappa shape index (κ1) is 13.5. The molecule has 0 saturated heterocycles. The van der Waals surface area contributed by atoms with Gasteiger partial charge in [0.2, 0.25) is 0 Å². The van der Waals surface area contributed by atoms with Crippen molar-refractivity contribution in [3.05, 3.63) is 30.1 Å². The molecular formula is C16H26N2. The van der Waals surface area contributed by atoms with Gasteiger partial charge in [-0.2, -0.15) is 0 Å². The van der Waals surface area contributed by atoms with Crippen molar-refractivity contribution < 1.29 is 0 Å². The SMILES string of the molecule is CNC(CCC1CCCCC1)Cc1ccccn1. The van der Waals surface area contributed by atoms with Gasteiger partial charge in [0.05, 0.1) is 0 Å². The molecule has 0 spiro atoms. The van der Waals surface area contributed by atoms with Gasteiger partial charge in [-0.25, -0.2) is 0 Å². The number of hydrogen-bond donors (Lipinski definition) is 1. The van der Waals surface area contributed by atoms with Gasteiger partial charge in [0.1, 0.15) is 0 Å². The van der Waals surface area contributed by atoms with Gasteiger partial charge in [0, 0.05) is 24.4 Å². The van der Waals surface area contributed by atoms with E-state index in [1.54, 1.807) is 0 Å². The zero-order chi connectivity index (χ0) is 12.6. The van der Waals surface area contributed by atoms with Crippen LogP contribution in [0.2, 0.25) is 0 Å². The molecule has 100 valence electrons. The molecule has 2 heteroatoms. The van der Waals surface area contributed by atoms with Crippen molar-refractivity contribution in [3.63, 3.8) is 0 Å². The monoisotopic (exact) mass is 246 g/mol. The normalized spacial score (nSPS) is 18.7. The van der Waals surface area contributed by atoms with Gasteiger partial charge < -0.3 is 5.32 Å². The second kappa shape index (κ2) is 7.52. The summed E-state index contributed by atoms with van der Waals surface area (Å²) in [5.41, 5.74) is 1.21. The molecule has 0 radical (unpaired) electrons. The third kappa shape index (κ3) is 4.41. The average molecular weight is 246 g/mol. The van der Waals surface area contributed by atoms with Crippen LogP contribution in [0.15, 0.2) is 24.4 Å². The Labute approximate surface area is 111 Å². The van der Waals surface area contributed by atoms with E-state index in [0.29, 0.717) is 6.04 Å². The molecule has 2 rings (SSSR count). The number of rotatable bonds is 6. The molecule has 0 aliphatic heterocycles. The molecule has 0 amide bonds. The number of hydrogen-bond acceptors (Lipinski definition) is 2. The maximum absolute atomic E-state index is 4.42. The molecule has 1 N–H and O–H groups in total. The molecule has 0 aromatic carbocycles. The van der Waals surface area contributed by atoms with Crippen LogP contribution in [0.3, 0.4) is 0 Å². The van der Waals surface area contributed by atoms with Gasteiger partial charge in [0.15, 0.2) is 0 Å². The van der Waals surface area contributed by atoms with Crippen molar-refractivity contribution in [2.45, 2.75) is 57.4 Å². The molecule has 1 heterocycles. The fraction of sp³-hybridized carbons (Fsp3) is 0.688. The second-order valence-electron chi connectivity index (χ2n) is 5.59. The quantitative estimate of drug-likeness (QED) is 0.830. The summed E-state index contributed by atoms with van der Waals surface area (Å²) in [6, 6.07) is 6.78. The Morgan fingerprint density at radius 2 is 2.11 bits per heavy atom. The van der Waals surface area contributed by atoms with Gasteiger partial charge in [-0.15, -0.1) is 0 Å². The van der Waals surface area contributed by atoms with Gasteiger partial charge in [-0.3, -0.25) is 4.98 Å². The first-order chi connectivity index (χ1) is 8.88. The summed E-state index contributed by atoms with van der Waals surface area (Å²) in [7, 11) is 2.08. The maximum Gasteiger partial charge on any atom is 0.0419 e. The van der Waals surface area contributed by atoms with Crippen LogP contribution in [0, 0.1) is 5.92 Å². The van der Waals surface area contributed by atoms with Crippen molar-refractivity contribution in [2.75, 3.05) is 7.05 Å². The molecule has 18 heavy (non-hydrogen) atoms. The molecule has 0 bridgehead atoms. The Hall–Kier alpha value is -0.890. The molecule has 1 unspecified atom stereocenters. The minimum absolute atomic E-state index is 0.585. The Morgan fingerprint density at radius 1 is 1.28 bits per heavy atom. The summed E-state index contributed by atoms with van der Waals surface area (Å²) in [6.07, 6.45) is 12.9. The number of pyridine rings is 1. The topological polar surface area (TPSA) is 24.9 Å². The standard InChI is InChI=1S/C16H26N2/c1-17-15(13-16-9-5-6-12-18-16)11-10-14-7-3-2-4-8-14/h5-6,9,12,14-15,17H,2-4,7-8,10-11,13H2,1H3. The van der Waals surface area contributed by atoms with Crippen LogP contribution in [0.4, 0.5) is 0 Å². The molecular weight excluding hydrogens is 220 g/mol. The summed E-state index contributed by atoms with van der Waals surface area (Å²) >= 11 is 0. The van der Waals surface area contributed by atoms with E-state index in [2.05, 4.69) is 29.5 Å². The van der Waals surface area contributed by atoms with Gasteiger partial charge in [-0.1, -0.05) is 38.2 Å². The van der Waals surface area contributed by atoms with Crippen LogP contribution < -0.4 is 5.32 Å². The average Bonchev–Trinajstić information content (AvgIpc) is 2.45. The van der Waals surface area contributed by atoms with Crippen molar-refractivity contribution in [3.8, 4) is 0 Å². The molecule has 1 saturated carbocycles. The highest BCUT2D eigenvalue weighted by Gasteiger charge is 2.15. The van der Waals surface area contributed by atoms with E-state index in [-0.39, 0.29) is 0 Å². The van der Waals surface area contributed by atoms with Crippen LogP contribution in [0.25, 0.3) is 0 Å². The Morgan fingerprint density at radius 3 is 2.78 bits per heavy atom. The zero-order valence-corrected chi connectivity index (χ0v) is 11.6. The van der Waals surface area contributed by atoms with Crippen LogP contribution in [-0.4, -0.2) is 18.1 Å². The van der Waals surface area contributed by atoms with E-state index in [1.807, 2.05) is 12.3 Å². The lowest BCUT2D eigenvalue weighted by atomic mass is 9.85. The molecule has 2 nitrogen and oxygen atoms in total. The summed E-state index contributed by atoms with van der Waals surface area (Å²) in [6.45, 7) is 0.